The maximum absolute atomic E-state index is 12.9. The molecule has 0 spiro atoms. The molecular formula is C23H31N3O5. The van der Waals surface area contributed by atoms with E-state index in [1.165, 1.54) is 0 Å². The van der Waals surface area contributed by atoms with Crippen LogP contribution in [0.25, 0.3) is 0 Å². The van der Waals surface area contributed by atoms with Crippen molar-refractivity contribution in [2.75, 3.05) is 6.61 Å². The van der Waals surface area contributed by atoms with Gasteiger partial charge in [-0.15, -0.1) is 0 Å². The smallest absolute Gasteiger partial charge is 0.329 e. The van der Waals surface area contributed by atoms with Crippen molar-refractivity contribution in [2.45, 2.75) is 76.8 Å². The van der Waals surface area contributed by atoms with Crippen molar-refractivity contribution in [1.29, 1.82) is 5.26 Å². The summed E-state index contributed by atoms with van der Waals surface area (Å²) in [7, 11) is 0. The summed E-state index contributed by atoms with van der Waals surface area (Å²) in [6.07, 6.45) is 8.95. The van der Waals surface area contributed by atoms with E-state index in [1.54, 1.807) is 0 Å². The molecule has 1 aliphatic heterocycles. The Balaban J connectivity index is 1.65. The molecule has 1 N–H and O–H groups in total. The topological polar surface area (TPSA) is 117 Å². The number of allylic oxidation sites excluding steroid dienone is 2. The minimum absolute atomic E-state index is 0.0387. The Kier molecular flexibility index (Phi) is 7.14. The van der Waals surface area contributed by atoms with E-state index >= 15 is 0 Å². The third kappa shape index (κ3) is 4.97. The summed E-state index contributed by atoms with van der Waals surface area (Å²) in [6, 6.07) is 1.15. The highest BCUT2D eigenvalue weighted by molar-refractivity contribution is 6.08. The largest absolute Gasteiger partial charge is 0.454 e. The fourth-order valence-electron chi connectivity index (χ4n) is 4.84. The fourth-order valence-corrected chi connectivity index (χ4v) is 4.84. The van der Waals surface area contributed by atoms with Gasteiger partial charge >= 0.3 is 5.97 Å². The van der Waals surface area contributed by atoms with Crippen LogP contribution in [0.2, 0.25) is 0 Å². The average Bonchev–Trinajstić information content (AvgIpc) is 3.01. The van der Waals surface area contributed by atoms with Crippen LogP contribution in [-0.4, -0.2) is 46.8 Å². The van der Waals surface area contributed by atoms with E-state index in [9.17, 15) is 24.4 Å². The molecule has 3 atom stereocenters. The van der Waals surface area contributed by atoms with E-state index in [0.717, 1.165) is 24.2 Å². The van der Waals surface area contributed by atoms with Gasteiger partial charge in [-0.05, 0) is 38.0 Å². The third-order valence-electron chi connectivity index (χ3n) is 6.47. The molecule has 0 unspecified atom stereocenters. The number of imide groups is 1. The van der Waals surface area contributed by atoms with Crippen LogP contribution in [0.1, 0.15) is 65.2 Å². The molecule has 168 valence electrons. The number of hydrogen-bond donors (Lipinski definition) is 1. The zero-order valence-corrected chi connectivity index (χ0v) is 18.3. The Morgan fingerprint density at radius 2 is 1.74 bits per heavy atom. The molecule has 1 saturated heterocycles. The number of likely N-dealkylation sites (tertiary alicyclic amines) is 1. The molecule has 0 radical (unpaired) electrons. The molecule has 0 aromatic rings. The van der Waals surface area contributed by atoms with Gasteiger partial charge in [0.15, 0.2) is 6.61 Å². The quantitative estimate of drug-likeness (QED) is 0.377. The lowest BCUT2D eigenvalue weighted by atomic mass is 9.83. The van der Waals surface area contributed by atoms with Crippen LogP contribution in [0.5, 0.6) is 0 Å². The SMILES string of the molecule is CC(C)C[C@H](C(=O)OCC(=O)NC1(C#N)CCCCC1)N1C(=O)[C@@H]2CC=CC[C@H]2C1=O. The monoisotopic (exact) mass is 429 g/mol. The number of fused-ring (bicyclic) bond motifs is 1. The first kappa shape index (κ1) is 23.0. The van der Waals surface area contributed by atoms with Crippen LogP contribution < -0.4 is 5.32 Å². The molecule has 0 aromatic heterocycles. The predicted octanol–water partition coefficient (Wildman–Crippen LogP) is 2.24. The van der Waals surface area contributed by atoms with Gasteiger partial charge in [-0.25, -0.2) is 4.79 Å². The van der Waals surface area contributed by atoms with Crippen LogP contribution in [0.4, 0.5) is 0 Å². The van der Waals surface area contributed by atoms with Crippen molar-refractivity contribution in [1.82, 2.24) is 10.2 Å². The molecule has 0 bridgehead atoms. The van der Waals surface area contributed by atoms with Crippen molar-refractivity contribution in [2.24, 2.45) is 17.8 Å². The van der Waals surface area contributed by atoms with E-state index in [1.807, 2.05) is 26.0 Å². The highest BCUT2D eigenvalue weighted by atomic mass is 16.5. The highest BCUT2D eigenvalue weighted by Gasteiger charge is 2.51. The summed E-state index contributed by atoms with van der Waals surface area (Å²) >= 11 is 0. The summed E-state index contributed by atoms with van der Waals surface area (Å²) in [5.41, 5.74) is -0.914. The van der Waals surface area contributed by atoms with Crippen LogP contribution in [-0.2, 0) is 23.9 Å². The zero-order valence-electron chi connectivity index (χ0n) is 18.3. The molecule has 3 amide bonds. The first-order valence-corrected chi connectivity index (χ1v) is 11.2. The minimum Gasteiger partial charge on any atom is -0.454 e. The second kappa shape index (κ2) is 9.63. The predicted molar refractivity (Wildman–Crippen MR) is 111 cm³/mol. The minimum atomic E-state index is -1.04. The lowest BCUT2D eigenvalue weighted by Gasteiger charge is -2.31. The number of nitrogens with one attached hydrogen (secondary N) is 1. The summed E-state index contributed by atoms with van der Waals surface area (Å²) in [6.45, 7) is 3.25. The maximum atomic E-state index is 12.9. The molecule has 3 rings (SSSR count). The molecule has 1 saturated carbocycles. The Morgan fingerprint density at radius 3 is 2.26 bits per heavy atom. The van der Waals surface area contributed by atoms with Crippen LogP contribution in [0.3, 0.4) is 0 Å². The van der Waals surface area contributed by atoms with Crippen LogP contribution >= 0.6 is 0 Å². The molecule has 2 fully saturated rings. The number of ether oxygens (including phenoxy) is 1. The van der Waals surface area contributed by atoms with E-state index in [-0.39, 0.29) is 24.2 Å². The van der Waals surface area contributed by atoms with Gasteiger partial charge in [0, 0.05) is 0 Å². The Bertz CT molecular complexity index is 781. The van der Waals surface area contributed by atoms with Gasteiger partial charge in [0.1, 0.15) is 11.6 Å². The van der Waals surface area contributed by atoms with Gasteiger partial charge in [0.25, 0.3) is 5.91 Å². The molecule has 0 aromatic carbocycles. The van der Waals surface area contributed by atoms with Gasteiger partial charge in [0.2, 0.25) is 11.8 Å². The molecule has 31 heavy (non-hydrogen) atoms. The number of amides is 3. The molecule has 1 heterocycles. The van der Waals surface area contributed by atoms with Gasteiger partial charge in [-0.3, -0.25) is 19.3 Å². The van der Waals surface area contributed by atoms with E-state index < -0.39 is 41.9 Å². The Hall–Kier alpha value is -2.69. The molecular weight excluding hydrogens is 398 g/mol. The van der Waals surface area contributed by atoms with E-state index in [4.69, 9.17) is 4.74 Å². The summed E-state index contributed by atoms with van der Waals surface area (Å²) in [4.78, 5) is 52.1. The maximum Gasteiger partial charge on any atom is 0.329 e. The number of hydrogen-bond acceptors (Lipinski definition) is 6. The van der Waals surface area contributed by atoms with E-state index in [0.29, 0.717) is 25.7 Å². The molecule has 8 nitrogen and oxygen atoms in total. The highest BCUT2D eigenvalue weighted by Crippen LogP contribution is 2.37. The normalized spacial score (nSPS) is 25.7. The van der Waals surface area contributed by atoms with Gasteiger partial charge in [-0.1, -0.05) is 45.3 Å². The number of nitrogens with zero attached hydrogens (tertiary/aromatic N) is 2. The number of nitriles is 1. The Morgan fingerprint density at radius 1 is 1.16 bits per heavy atom. The average molecular weight is 430 g/mol. The van der Waals surface area contributed by atoms with Crippen LogP contribution in [0, 0.1) is 29.1 Å². The summed E-state index contributed by atoms with van der Waals surface area (Å²) in [5, 5.41) is 12.2. The van der Waals surface area contributed by atoms with Crippen molar-refractivity contribution < 1.29 is 23.9 Å². The number of carbonyl (C=O) groups is 4. The van der Waals surface area contributed by atoms with Crippen molar-refractivity contribution in [3.05, 3.63) is 12.2 Å². The number of esters is 1. The second-order valence-electron chi connectivity index (χ2n) is 9.26. The molecule has 3 aliphatic rings. The fraction of sp³-hybridized carbons (Fsp3) is 0.696. The van der Waals surface area contributed by atoms with Gasteiger partial charge < -0.3 is 10.1 Å². The number of carbonyl (C=O) groups excluding carboxylic acids is 4. The standard InChI is InChI=1S/C23H31N3O5/c1-15(2)12-18(26-20(28)16-8-4-5-9-17(16)21(26)29)22(30)31-13-19(27)25-23(14-24)10-6-3-7-11-23/h4-5,15-18H,3,6-13H2,1-2H3,(H,25,27)/t16-,17-,18-/m1/s1. The lowest BCUT2D eigenvalue weighted by molar-refractivity contribution is -0.161. The van der Waals surface area contributed by atoms with Crippen molar-refractivity contribution >= 4 is 23.7 Å². The summed E-state index contributed by atoms with van der Waals surface area (Å²) < 4.78 is 5.24. The Labute approximate surface area is 183 Å². The first-order chi connectivity index (χ1) is 14.8. The van der Waals surface area contributed by atoms with Gasteiger partial charge in [-0.2, -0.15) is 5.26 Å². The second-order valence-corrected chi connectivity index (χ2v) is 9.26. The van der Waals surface area contributed by atoms with Gasteiger partial charge in [0.05, 0.1) is 17.9 Å². The lowest BCUT2D eigenvalue weighted by Crippen LogP contribution is -2.51. The summed E-state index contributed by atoms with van der Waals surface area (Å²) in [5.74, 6) is -2.79. The number of rotatable bonds is 7. The van der Waals surface area contributed by atoms with Crippen molar-refractivity contribution in [3.63, 3.8) is 0 Å². The molecule has 2 aliphatic carbocycles. The molecule has 8 heteroatoms. The third-order valence-corrected chi connectivity index (χ3v) is 6.47. The zero-order chi connectivity index (χ0) is 22.6. The van der Waals surface area contributed by atoms with Crippen LogP contribution in [0.15, 0.2) is 12.2 Å². The first-order valence-electron chi connectivity index (χ1n) is 11.2. The van der Waals surface area contributed by atoms with Crippen molar-refractivity contribution in [3.8, 4) is 6.07 Å². The van der Waals surface area contributed by atoms with E-state index in [2.05, 4.69) is 11.4 Å².